The highest BCUT2D eigenvalue weighted by Crippen LogP contribution is 2.27. The first kappa shape index (κ1) is 19.1. The highest BCUT2D eigenvalue weighted by Gasteiger charge is 2.25. The van der Waals surface area contributed by atoms with Gasteiger partial charge in [0.2, 0.25) is 0 Å². The van der Waals surface area contributed by atoms with E-state index < -0.39 is 29.5 Å². The van der Waals surface area contributed by atoms with Crippen molar-refractivity contribution in [1.29, 1.82) is 0 Å². The van der Waals surface area contributed by atoms with Crippen molar-refractivity contribution in [3.8, 4) is 11.5 Å². The summed E-state index contributed by atoms with van der Waals surface area (Å²) in [5.74, 6) is -2.62. The number of H-pyrrole nitrogens is 2. The number of anilines is 1. The number of aromatic nitrogens is 4. The minimum Gasteiger partial charge on any atom is -0.340 e. The molecule has 1 amide bonds. The molecule has 3 aromatic rings. The summed E-state index contributed by atoms with van der Waals surface area (Å²) in [6.45, 7) is 0.401. The van der Waals surface area contributed by atoms with E-state index in [-0.39, 0.29) is 24.5 Å². The van der Waals surface area contributed by atoms with Crippen LogP contribution in [0.5, 0.6) is 0 Å². The van der Waals surface area contributed by atoms with Crippen molar-refractivity contribution in [1.82, 2.24) is 25.1 Å². The van der Waals surface area contributed by atoms with Gasteiger partial charge in [-0.15, -0.1) is 0 Å². The fourth-order valence-electron chi connectivity index (χ4n) is 3.27. The van der Waals surface area contributed by atoms with Crippen molar-refractivity contribution in [3.63, 3.8) is 0 Å². The van der Waals surface area contributed by atoms with Crippen LogP contribution in [0.2, 0.25) is 0 Å². The van der Waals surface area contributed by atoms with Gasteiger partial charge in [-0.3, -0.25) is 14.8 Å². The first-order chi connectivity index (χ1) is 13.9. The lowest BCUT2D eigenvalue weighted by atomic mass is 10.1. The number of amides is 1. The number of nitrogens with zero attached hydrogens (tertiary/aromatic N) is 3. The molecule has 0 spiro atoms. The maximum absolute atomic E-state index is 13.8. The van der Waals surface area contributed by atoms with Crippen molar-refractivity contribution < 1.29 is 22.4 Å². The Bertz CT molecular complexity index is 1030. The van der Waals surface area contributed by atoms with Crippen LogP contribution in [-0.4, -0.2) is 50.5 Å². The Morgan fingerprint density at radius 2 is 2.03 bits per heavy atom. The molecule has 0 atom stereocenters. The van der Waals surface area contributed by atoms with E-state index in [0.29, 0.717) is 24.5 Å². The monoisotopic (exact) mass is 408 g/mol. The van der Waals surface area contributed by atoms with Crippen molar-refractivity contribution in [2.75, 3.05) is 18.4 Å². The standard InChI is InChI=1S/C18H16F4N6O/c19-9-2-1-3-10(20)15(9)18(29)26-12-6-23-27-16(12)17-24-11-4-5-28(8-14(21)22)7-13(11)25-17/h1-3,6,14H,4-5,7-8H2,(H,23,27)(H,24,25)(H,26,29). The summed E-state index contributed by atoms with van der Waals surface area (Å²) < 4.78 is 52.9. The summed E-state index contributed by atoms with van der Waals surface area (Å²) in [5.41, 5.74) is 1.12. The van der Waals surface area contributed by atoms with Gasteiger partial charge in [0.05, 0.1) is 17.9 Å². The van der Waals surface area contributed by atoms with Crippen molar-refractivity contribution in [2.45, 2.75) is 19.4 Å². The van der Waals surface area contributed by atoms with Crippen LogP contribution in [0, 0.1) is 11.6 Å². The molecule has 29 heavy (non-hydrogen) atoms. The van der Waals surface area contributed by atoms with E-state index in [0.717, 1.165) is 23.9 Å². The van der Waals surface area contributed by atoms with Crippen LogP contribution in [0.3, 0.4) is 0 Å². The Morgan fingerprint density at radius 1 is 1.28 bits per heavy atom. The second-order valence-electron chi connectivity index (χ2n) is 6.59. The quantitative estimate of drug-likeness (QED) is 0.567. The molecule has 1 aliphatic rings. The fourth-order valence-corrected chi connectivity index (χ4v) is 3.27. The SMILES string of the molecule is O=C(Nc1c[nH]nc1-c1nc2c([nH]1)CCN(CC(F)F)C2)c1c(F)cccc1F. The zero-order chi connectivity index (χ0) is 20.5. The lowest BCUT2D eigenvalue weighted by molar-refractivity contribution is 0.0812. The van der Waals surface area contributed by atoms with E-state index in [1.807, 2.05) is 0 Å². The number of carbonyl (C=O) groups excluding carboxylic acids is 1. The van der Waals surface area contributed by atoms with Crippen molar-refractivity contribution in [2.24, 2.45) is 0 Å². The third kappa shape index (κ3) is 3.86. The average Bonchev–Trinajstić information content (AvgIpc) is 3.27. The van der Waals surface area contributed by atoms with E-state index >= 15 is 0 Å². The molecule has 152 valence electrons. The van der Waals surface area contributed by atoms with E-state index in [1.165, 1.54) is 6.20 Å². The minimum absolute atomic E-state index is 0.174. The Hall–Kier alpha value is -3.21. The third-order valence-corrected chi connectivity index (χ3v) is 4.61. The number of hydrogen-bond acceptors (Lipinski definition) is 4. The van der Waals surface area contributed by atoms with Gasteiger partial charge in [-0.25, -0.2) is 22.5 Å². The molecule has 1 aliphatic heterocycles. The van der Waals surface area contributed by atoms with Gasteiger partial charge in [0, 0.05) is 31.4 Å². The summed E-state index contributed by atoms with van der Waals surface area (Å²) in [7, 11) is 0. The fraction of sp³-hybridized carbons (Fsp3) is 0.278. The molecule has 7 nitrogen and oxygen atoms in total. The molecule has 0 aliphatic carbocycles. The number of fused-ring (bicyclic) bond motifs is 1. The molecule has 0 saturated heterocycles. The zero-order valence-electron chi connectivity index (χ0n) is 15.0. The number of rotatable bonds is 5. The van der Waals surface area contributed by atoms with Crippen LogP contribution in [0.1, 0.15) is 21.7 Å². The van der Waals surface area contributed by atoms with Gasteiger partial charge < -0.3 is 10.3 Å². The maximum atomic E-state index is 13.8. The van der Waals surface area contributed by atoms with Crippen LogP contribution in [-0.2, 0) is 13.0 Å². The van der Waals surface area contributed by atoms with Gasteiger partial charge in [-0.1, -0.05) is 6.07 Å². The van der Waals surface area contributed by atoms with Crippen LogP contribution in [0.25, 0.3) is 11.5 Å². The molecule has 1 aromatic carbocycles. The Balaban J connectivity index is 1.56. The highest BCUT2D eigenvalue weighted by molar-refractivity contribution is 6.06. The second kappa shape index (κ2) is 7.66. The largest absolute Gasteiger partial charge is 0.340 e. The van der Waals surface area contributed by atoms with Crippen molar-refractivity contribution in [3.05, 3.63) is 53.0 Å². The van der Waals surface area contributed by atoms with Crippen LogP contribution >= 0.6 is 0 Å². The average molecular weight is 408 g/mol. The molecule has 2 aromatic heterocycles. The predicted octanol–water partition coefficient (Wildman–Crippen LogP) is 2.95. The lowest BCUT2D eigenvalue weighted by Crippen LogP contribution is -2.34. The second-order valence-corrected chi connectivity index (χ2v) is 6.59. The molecule has 4 rings (SSSR count). The molecule has 0 unspecified atom stereocenters. The van der Waals surface area contributed by atoms with Crippen LogP contribution < -0.4 is 5.32 Å². The third-order valence-electron chi connectivity index (χ3n) is 4.61. The molecular weight excluding hydrogens is 392 g/mol. The van der Waals surface area contributed by atoms with Gasteiger partial charge >= 0.3 is 0 Å². The summed E-state index contributed by atoms with van der Waals surface area (Å²) in [6.07, 6.45) is -0.556. The molecule has 3 heterocycles. The van der Waals surface area contributed by atoms with E-state index in [1.54, 1.807) is 4.90 Å². The molecule has 0 bridgehead atoms. The summed E-state index contributed by atoms with van der Waals surface area (Å²) in [4.78, 5) is 21.4. The number of nitrogens with one attached hydrogen (secondary N) is 3. The number of alkyl halides is 2. The number of carbonyl (C=O) groups is 1. The topological polar surface area (TPSA) is 89.7 Å². The molecular formula is C18H16F4N6O. The molecule has 3 N–H and O–H groups in total. The maximum Gasteiger partial charge on any atom is 0.261 e. The lowest BCUT2D eigenvalue weighted by Gasteiger charge is -2.25. The minimum atomic E-state index is -2.43. The smallest absolute Gasteiger partial charge is 0.261 e. The van der Waals surface area contributed by atoms with E-state index in [9.17, 15) is 22.4 Å². The Labute approximate surface area is 162 Å². The summed E-state index contributed by atoms with van der Waals surface area (Å²) in [6, 6.07) is 3.13. The van der Waals surface area contributed by atoms with Crippen LogP contribution in [0.15, 0.2) is 24.4 Å². The zero-order valence-corrected chi connectivity index (χ0v) is 15.0. The molecule has 0 radical (unpaired) electrons. The number of halogens is 4. The number of hydrogen-bond donors (Lipinski definition) is 3. The summed E-state index contributed by atoms with van der Waals surface area (Å²) >= 11 is 0. The Morgan fingerprint density at radius 3 is 2.76 bits per heavy atom. The van der Waals surface area contributed by atoms with Gasteiger partial charge in [0.25, 0.3) is 12.3 Å². The van der Waals surface area contributed by atoms with Gasteiger partial charge in [0.1, 0.15) is 17.2 Å². The van der Waals surface area contributed by atoms with E-state index in [4.69, 9.17) is 0 Å². The number of aromatic amines is 2. The Kier molecular flexibility index (Phi) is 5.05. The summed E-state index contributed by atoms with van der Waals surface area (Å²) in [5, 5.41) is 9.03. The first-order valence-electron chi connectivity index (χ1n) is 8.80. The van der Waals surface area contributed by atoms with Gasteiger partial charge in [0.15, 0.2) is 11.5 Å². The molecule has 11 heteroatoms. The first-order valence-corrected chi connectivity index (χ1v) is 8.80. The molecule has 0 fully saturated rings. The number of imidazole rings is 1. The van der Waals surface area contributed by atoms with Gasteiger partial charge in [-0.05, 0) is 12.1 Å². The predicted molar refractivity (Wildman–Crippen MR) is 95.5 cm³/mol. The van der Waals surface area contributed by atoms with Crippen LogP contribution in [0.4, 0.5) is 23.2 Å². The van der Waals surface area contributed by atoms with E-state index in [2.05, 4.69) is 25.5 Å². The molecule has 0 saturated carbocycles. The number of benzene rings is 1. The van der Waals surface area contributed by atoms with Crippen molar-refractivity contribution >= 4 is 11.6 Å². The van der Waals surface area contributed by atoms with Gasteiger partial charge in [-0.2, -0.15) is 5.10 Å². The highest BCUT2D eigenvalue weighted by atomic mass is 19.3. The normalized spacial score (nSPS) is 14.2.